The molecule has 1 aliphatic heterocycles. The Kier molecular flexibility index (Phi) is 7.11. The van der Waals surface area contributed by atoms with E-state index >= 15 is 0 Å². The number of aliphatic hydroxyl groups is 2. The highest BCUT2D eigenvalue weighted by Gasteiger charge is 2.75. The minimum Gasteiger partial charge on any atom is -0.481 e. The molecule has 16 nitrogen and oxygen atoms in total. The standard InChI is InChI=1S/C20H24N3O13P/c1-8(24)21-13-4-5-23(19(31)22-13)16-15(26)14(25)12(36-16)7-35-37(32,33)34-6-11-9-2-3-10(17(27)28)20(9,11)18(29)30/h3-5,9,11-12,14-16,25-26H,2,6-7H2,1H3,(H,27,28)(H,29,30)(H,32,33)(H,21,22,24,31)/t9-,11+,12+,14+,15+,16+,20-/m0/s1. The summed E-state index contributed by atoms with van der Waals surface area (Å²) >= 11 is 0. The number of hydrogen-bond acceptors (Lipinski definition) is 11. The molecule has 1 aromatic heterocycles. The Morgan fingerprint density at radius 2 is 1.92 bits per heavy atom. The summed E-state index contributed by atoms with van der Waals surface area (Å²) in [4.78, 5) is 60.2. The molecular weight excluding hydrogens is 521 g/mol. The van der Waals surface area contributed by atoms with E-state index in [-0.39, 0.29) is 17.8 Å². The molecular formula is C20H24N3O13P. The number of phosphoric acid groups is 1. The number of aliphatic hydroxyl groups excluding tert-OH is 2. The number of ether oxygens (including phenoxy) is 1. The van der Waals surface area contributed by atoms with Crippen LogP contribution in [0.3, 0.4) is 0 Å². The first-order valence-corrected chi connectivity index (χ1v) is 12.5. The monoisotopic (exact) mass is 545 g/mol. The van der Waals surface area contributed by atoms with Gasteiger partial charge in [0.25, 0.3) is 0 Å². The van der Waals surface area contributed by atoms with Crippen LogP contribution in [-0.2, 0) is 32.7 Å². The number of allylic oxidation sites excluding steroid dienone is 1. The lowest BCUT2D eigenvalue weighted by molar-refractivity contribution is -0.146. The number of amides is 1. The molecule has 2 fully saturated rings. The summed E-state index contributed by atoms with van der Waals surface area (Å²) in [5, 5.41) is 41.8. The van der Waals surface area contributed by atoms with Gasteiger partial charge in [-0.05, 0) is 18.4 Å². The van der Waals surface area contributed by atoms with Gasteiger partial charge in [-0.2, -0.15) is 4.98 Å². The van der Waals surface area contributed by atoms with E-state index in [1.807, 2.05) is 0 Å². The number of nitrogens with zero attached hydrogens (tertiary/aromatic N) is 2. The molecule has 8 atom stereocenters. The molecule has 2 heterocycles. The van der Waals surface area contributed by atoms with Gasteiger partial charge in [0.15, 0.2) is 6.23 Å². The van der Waals surface area contributed by atoms with Crippen molar-refractivity contribution in [2.45, 2.75) is 37.9 Å². The summed E-state index contributed by atoms with van der Waals surface area (Å²) in [7, 11) is -4.82. The average Bonchev–Trinajstić information content (AvgIpc) is 3.10. The summed E-state index contributed by atoms with van der Waals surface area (Å²) in [6.45, 7) is -0.115. The van der Waals surface area contributed by atoms with Gasteiger partial charge in [0.1, 0.15) is 29.5 Å². The van der Waals surface area contributed by atoms with Gasteiger partial charge in [-0.15, -0.1) is 0 Å². The number of rotatable bonds is 10. The van der Waals surface area contributed by atoms with E-state index in [9.17, 15) is 49.1 Å². The number of aromatic nitrogens is 2. The van der Waals surface area contributed by atoms with Gasteiger partial charge in [-0.1, -0.05) is 6.08 Å². The summed E-state index contributed by atoms with van der Waals surface area (Å²) in [6, 6.07) is 1.26. The van der Waals surface area contributed by atoms with Crippen LogP contribution in [0.2, 0.25) is 0 Å². The minimum atomic E-state index is -4.82. The third-order valence-corrected chi connectivity index (χ3v) is 7.67. The predicted molar refractivity (Wildman–Crippen MR) is 118 cm³/mol. The van der Waals surface area contributed by atoms with Crippen LogP contribution in [0.5, 0.6) is 0 Å². The van der Waals surface area contributed by atoms with Gasteiger partial charge in [0.05, 0.1) is 18.8 Å². The average molecular weight is 545 g/mol. The predicted octanol–water partition coefficient (Wildman–Crippen LogP) is -1.31. The van der Waals surface area contributed by atoms with Crippen LogP contribution < -0.4 is 11.0 Å². The van der Waals surface area contributed by atoms with Crippen LogP contribution in [0, 0.1) is 17.3 Å². The normalized spacial score (nSPS) is 33.8. The third-order valence-electron chi connectivity index (χ3n) is 6.72. The molecule has 0 spiro atoms. The summed E-state index contributed by atoms with van der Waals surface area (Å²) in [6.07, 6.45) is -3.47. The summed E-state index contributed by atoms with van der Waals surface area (Å²) in [5.74, 6) is -4.73. The number of aliphatic carboxylic acids is 2. The molecule has 1 saturated carbocycles. The molecule has 1 amide bonds. The number of carboxylic acids is 2. The Labute approximate surface area is 207 Å². The third kappa shape index (κ3) is 4.84. The molecule has 2 aliphatic carbocycles. The molecule has 0 aromatic carbocycles. The van der Waals surface area contributed by atoms with E-state index in [1.165, 1.54) is 19.1 Å². The second-order valence-electron chi connectivity index (χ2n) is 8.84. The zero-order chi connectivity index (χ0) is 27.3. The van der Waals surface area contributed by atoms with Crippen molar-refractivity contribution < 1.29 is 58.1 Å². The fraction of sp³-hybridized carbons (Fsp3) is 0.550. The Bertz CT molecular complexity index is 1260. The highest BCUT2D eigenvalue weighted by Crippen LogP contribution is 2.69. The molecule has 1 saturated heterocycles. The number of carbonyl (C=O) groups excluding carboxylic acids is 1. The van der Waals surface area contributed by atoms with Gasteiger partial charge in [0, 0.05) is 19.0 Å². The SMILES string of the molecule is CC(=O)Nc1ccn([C@@H]2O[C@H](COP(=O)(O)OC[C@@H]3[C@@H]4CC=C(C(=O)O)[C@]34C(=O)O)[C@@H](O)[C@H]2O)c(=O)n1. The molecule has 1 unspecified atom stereocenters. The maximum absolute atomic E-state index is 12.4. The molecule has 0 radical (unpaired) electrons. The van der Waals surface area contributed by atoms with E-state index in [4.69, 9.17) is 13.8 Å². The van der Waals surface area contributed by atoms with Crippen molar-refractivity contribution in [3.05, 3.63) is 34.4 Å². The maximum atomic E-state index is 12.4. The first-order valence-electron chi connectivity index (χ1n) is 11.0. The Morgan fingerprint density at radius 3 is 2.51 bits per heavy atom. The van der Waals surface area contributed by atoms with Crippen LogP contribution in [0.4, 0.5) is 5.82 Å². The van der Waals surface area contributed by atoms with Crippen molar-refractivity contribution >= 4 is 31.5 Å². The van der Waals surface area contributed by atoms with Gasteiger partial charge in [-0.3, -0.25) is 23.2 Å². The highest BCUT2D eigenvalue weighted by atomic mass is 31.2. The fourth-order valence-corrected chi connectivity index (χ4v) is 5.74. The van der Waals surface area contributed by atoms with Gasteiger partial charge in [-0.25, -0.2) is 14.2 Å². The van der Waals surface area contributed by atoms with Gasteiger partial charge < -0.3 is 35.4 Å². The molecule has 0 bridgehead atoms. The van der Waals surface area contributed by atoms with Crippen molar-refractivity contribution in [2.24, 2.45) is 17.3 Å². The topological polar surface area (TPSA) is 244 Å². The molecule has 37 heavy (non-hydrogen) atoms. The molecule has 3 aliphatic rings. The van der Waals surface area contributed by atoms with Crippen molar-refractivity contribution in [3.8, 4) is 0 Å². The van der Waals surface area contributed by atoms with Gasteiger partial charge >= 0.3 is 25.5 Å². The van der Waals surface area contributed by atoms with Crippen molar-refractivity contribution in [3.63, 3.8) is 0 Å². The number of carboxylic acid groups (broad SMARTS) is 2. The number of phosphoric ester groups is 1. The van der Waals surface area contributed by atoms with Crippen LogP contribution >= 0.6 is 7.82 Å². The number of fused-ring (bicyclic) bond motifs is 1. The Balaban J connectivity index is 1.35. The van der Waals surface area contributed by atoms with Crippen LogP contribution in [0.1, 0.15) is 19.6 Å². The van der Waals surface area contributed by atoms with Crippen molar-refractivity contribution in [2.75, 3.05) is 18.5 Å². The molecule has 6 N–H and O–H groups in total. The molecule has 17 heteroatoms. The molecule has 202 valence electrons. The smallest absolute Gasteiger partial charge is 0.472 e. The zero-order valence-electron chi connectivity index (χ0n) is 19.2. The van der Waals surface area contributed by atoms with Crippen LogP contribution in [0.25, 0.3) is 0 Å². The van der Waals surface area contributed by atoms with E-state index in [0.717, 1.165) is 10.8 Å². The lowest BCUT2D eigenvalue weighted by Gasteiger charge is -2.18. The second kappa shape index (κ2) is 9.72. The summed E-state index contributed by atoms with van der Waals surface area (Å²) in [5.41, 5.74) is -2.92. The first-order chi connectivity index (χ1) is 17.3. The van der Waals surface area contributed by atoms with E-state index < -0.39 is 86.4 Å². The van der Waals surface area contributed by atoms with Crippen LogP contribution in [-0.4, -0.2) is 84.2 Å². The highest BCUT2D eigenvalue weighted by molar-refractivity contribution is 7.47. The first kappa shape index (κ1) is 27.1. The number of nitrogens with one attached hydrogen (secondary N) is 1. The molecule has 1 aromatic rings. The molecule has 4 rings (SSSR count). The van der Waals surface area contributed by atoms with Crippen molar-refractivity contribution in [1.82, 2.24) is 9.55 Å². The maximum Gasteiger partial charge on any atom is 0.472 e. The lowest BCUT2D eigenvalue weighted by Crippen LogP contribution is -2.36. The number of carbonyl (C=O) groups is 3. The quantitative estimate of drug-likeness (QED) is 0.187. The van der Waals surface area contributed by atoms with E-state index in [2.05, 4.69) is 10.3 Å². The Morgan fingerprint density at radius 1 is 1.24 bits per heavy atom. The largest absolute Gasteiger partial charge is 0.481 e. The van der Waals surface area contributed by atoms with Gasteiger partial charge in [0.2, 0.25) is 5.91 Å². The lowest BCUT2D eigenvalue weighted by atomic mass is 9.94. The number of hydrogen-bond donors (Lipinski definition) is 6. The van der Waals surface area contributed by atoms with Crippen molar-refractivity contribution in [1.29, 1.82) is 0 Å². The van der Waals surface area contributed by atoms with E-state index in [1.54, 1.807) is 0 Å². The zero-order valence-corrected chi connectivity index (χ0v) is 20.1. The summed E-state index contributed by atoms with van der Waals surface area (Å²) < 4.78 is 28.4. The second-order valence-corrected chi connectivity index (χ2v) is 10.3. The Hall–Kier alpha value is -2.98. The van der Waals surface area contributed by atoms with E-state index in [0.29, 0.717) is 0 Å². The fourth-order valence-electron chi connectivity index (χ4n) is 4.98. The number of anilines is 1. The minimum absolute atomic E-state index is 0.0458. The van der Waals surface area contributed by atoms with Crippen LogP contribution in [0.15, 0.2) is 28.7 Å².